The van der Waals surface area contributed by atoms with Gasteiger partial charge in [0.1, 0.15) is 5.75 Å². The second kappa shape index (κ2) is 8.82. The number of hydrogen-bond donors (Lipinski definition) is 0. The molecule has 29 heavy (non-hydrogen) atoms. The van der Waals surface area contributed by atoms with Crippen LogP contribution in [0.5, 0.6) is 11.5 Å². The summed E-state index contributed by atoms with van der Waals surface area (Å²) >= 11 is 0. The molecule has 1 saturated heterocycles. The minimum Gasteiger partial charge on any atom is -0.455 e. The van der Waals surface area contributed by atoms with Gasteiger partial charge >= 0.3 is 0 Å². The van der Waals surface area contributed by atoms with Crippen LogP contribution >= 0.6 is 0 Å². The maximum Gasteiger partial charge on any atom is 0.227 e. The van der Waals surface area contributed by atoms with E-state index in [4.69, 9.17) is 4.74 Å². The van der Waals surface area contributed by atoms with Crippen LogP contribution in [0.1, 0.15) is 11.1 Å². The molecule has 1 fully saturated rings. The molecule has 1 aliphatic rings. The van der Waals surface area contributed by atoms with Crippen molar-refractivity contribution >= 4 is 11.6 Å². The van der Waals surface area contributed by atoms with E-state index in [0.717, 1.165) is 48.9 Å². The minimum atomic E-state index is 0.202. The predicted molar refractivity (Wildman–Crippen MR) is 117 cm³/mol. The highest BCUT2D eigenvalue weighted by Crippen LogP contribution is 2.32. The average Bonchev–Trinajstić information content (AvgIpc) is 2.77. The zero-order valence-electron chi connectivity index (χ0n) is 16.8. The lowest BCUT2D eigenvalue weighted by atomic mass is 10.1. The largest absolute Gasteiger partial charge is 0.455 e. The van der Waals surface area contributed by atoms with Crippen LogP contribution in [0.3, 0.4) is 0 Å². The van der Waals surface area contributed by atoms with E-state index in [2.05, 4.69) is 24.0 Å². The summed E-state index contributed by atoms with van der Waals surface area (Å²) in [5.41, 5.74) is 3.36. The molecule has 1 amide bonds. The van der Waals surface area contributed by atoms with Crippen molar-refractivity contribution in [3.8, 4) is 11.5 Å². The first-order valence-corrected chi connectivity index (χ1v) is 10.1. The van der Waals surface area contributed by atoms with Gasteiger partial charge in [0.25, 0.3) is 0 Å². The molecule has 0 spiro atoms. The lowest BCUT2D eigenvalue weighted by Gasteiger charge is -2.36. The third-order valence-electron chi connectivity index (χ3n) is 5.41. The highest BCUT2D eigenvalue weighted by atomic mass is 16.5. The summed E-state index contributed by atoms with van der Waals surface area (Å²) in [7, 11) is 0. The molecule has 0 bridgehead atoms. The van der Waals surface area contributed by atoms with Gasteiger partial charge in [0.2, 0.25) is 5.91 Å². The van der Waals surface area contributed by atoms with Gasteiger partial charge in [-0.2, -0.15) is 0 Å². The molecule has 4 heteroatoms. The molecule has 4 nitrogen and oxygen atoms in total. The monoisotopic (exact) mass is 386 g/mol. The predicted octanol–water partition coefficient (Wildman–Crippen LogP) is 4.68. The minimum absolute atomic E-state index is 0.202. The molecule has 0 unspecified atom stereocenters. The van der Waals surface area contributed by atoms with Gasteiger partial charge in [-0.05, 0) is 42.3 Å². The molecule has 4 rings (SSSR count). The van der Waals surface area contributed by atoms with Gasteiger partial charge in [-0.3, -0.25) is 4.79 Å². The molecule has 0 aromatic heterocycles. The molecule has 3 aromatic carbocycles. The second-order valence-electron chi connectivity index (χ2n) is 7.35. The summed E-state index contributed by atoms with van der Waals surface area (Å²) in [4.78, 5) is 17.0. The van der Waals surface area contributed by atoms with E-state index in [0.29, 0.717) is 6.42 Å². The van der Waals surface area contributed by atoms with Gasteiger partial charge in [0.05, 0.1) is 12.1 Å². The highest BCUT2D eigenvalue weighted by Gasteiger charge is 2.23. The van der Waals surface area contributed by atoms with E-state index in [1.807, 2.05) is 71.6 Å². The smallest absolute Gasteiger partial charge is 0.227 e. The van der Waals surface area contributed by atoms with Gasteiger partial charge in [-0.15, -0.1) is 0 Å². The molecule has 0 atom stereocenters. The van der Waals surface area contributed by atoms with Crippen LogP contribution in [0.2, 0.25) is 0 Å². The van der Waals surface area contributed by atoms with E-state index in [1.165, 1.54) is 5.56 Å². The molecule has 148 valence electrons. The van der Waals surface area contributed by atoms with Crippen molar-refractivity contribution in [1.29, 1.82) is 0 Å². The van der Waals surface area contributed by atoms with Crippen LogP contribution in [-0.2, 0) is 11.2 Å². The summed E-state index contributed by atoms with van der Waals surface area (Å²) in [6.45, 7) is 5.11. The Bertz CT molecular complexity index is 963. The fourth-order valence-electron chi connectivity index (χ4n) is 3.70. The van der Waals surface area contributed by atoms with Crippen molar-refractivity contribution in [3.05, 3.63) is 90.0 Å². The Morgan fingerprint density at radius 3 is 2.24 bits per heavy atom. The van der Waals surface area contributed by atoms with Crippen molar-refractivity contribution < 1.29 is 9.53 Å². The number of para-hydroxylation sites is 3. The number of amides is 1. The summed E-state index contributed by atoms with van der Waals surface area (Å²) < 4.78 is 6.11. The van der Waals surface area contributed by atoms with E-state index >= 15 is 0 Å². The van der Waals surface area contributed by atoms with Crippen LogP contribution in [0.15, 0.2) is 78.9 Å². The number of hydrogen-bond acceptors (Lipinski definition) is 3. The van der Waals surface area contributed by atoms with Crippen LogP contribution in [0, 0.1) is 6.92 Å². The number of benzene rings is 3. The maximum absolute atomic E-state index is 12.8. The summed E-state index contributed by atoms with van der Waals surface area (Å²) in [5, 5.41) is 0. The Hall–Kier alpha value is -3.27. The van der Waals surface area contributed by atoms with Crippen LogP contribution in [0.25, 0.3) is 0 Å². The first kappa shape index (κ1) is 19.1. The number of rotatable bonds is 5. The van der Waals surface area contributed by atoms with E-state index in [9.17, 15) is 4.79 Å². The van der Waals surface area contributed by atoms with Gasteiger partial charge < -0.3 is 14.5 Å². The number of carbonyl (C=O) groups excluding carboxylic acids is 1. The van der Waals surface area contributed by atoms with Crippen LogP contribution < -0.4 is 9.64 Å². The third-order valence-corrected chi connectivity index (χ3v) is 5.41. The Labute approximate surface area is 172 Å². The van der Waals surface area contributed by atoms with Crippen molar-refractivity contribution in [2.45, 2.75) is 13.3 Å². The van der Waals surface area contributed by atoms with Gasteiger partial charge in [-0.1, -0.05) is 54.6 Å². The van der Waals surface area contributed by atoms with Crippen LogP contribution in [-0.4, -0.2) is 37.0 Å². The normalized spacial score (nSPS) is 14.0. The van der Waals surface area contributed by atoms with Crippen LogP contribution in [0.4, 0.5) is 5.69 Å². The van der Waals surface area contributed by atoms with Gasteiger partial charge in [-0.25, -0.2) is 0 Å². The molecule has 0 radical (unpaired) electrons. The molecule has 0 aliphatic carbocycles. The fraction of sp³-hybridized carbons (Fsp3) is 0.240. The lowest BCUT2D eigenvalue weighted by Crippen LogP contribution is -2.49. The Balaban J connectivity index is 1.40. The molecule has 1 aliphatic heterocycles. The lowest BCUT2D eigenvalue weighted by molar-refractivity contribution is -0.130. The SMILES string of the molecule is Cc1ccccc1CC(=O)N1CCN(c2ccccc2Oc2ccccc2)CC1. The summed E-state index contributed by atoms with van der Waals surface area (Å²) in [6.07, 6.45) is 0.473. The number of aryl methyl sites for hydroxylation is 1. The third kappa shape index (κ3) is 4.60. The zero-order chi connectivity index (χ0) is 20.1. The second-order valence-corrected chi connectivity index (χ2v) is 7.35. The topological polar surface area (TPSA) is 32.8 Å². The Morgan fingerprint density at radius 2 is 1.48 bits per heavy atom. The number of anilines is 1. The Morgan fingerprint density at radius 1 is 0.828 bits per heavy atom. The Kier molecular flexibility index (Phi) is 5.80. The standard InChI is InChI=1S/C25H26N2O2/c1-20-9-5-6-10-21(20)19-25(28)27-17-15-26(16-18-27)23-13-7-8-14-24(23)29-22-11-3-2-4-12-22/h2-14H,15-19H2,1H3. The highest BCUT2D eigenvalue weighted by molar-refractivity contribution is 5.79. The number of ether oxygens (including phenoxy) is 1. The fourth-order valence-corrected chi connectivity index (χ4v) is 3.70. The zero-order valence-corrected chi connectivity index (χ0v) is 16.8. The number of nitrogens with zero attached hydrogens (tertiary/aromatic N) is 2. The molecule has 3 aromatic rings. The average molecular weight is 386 g/mol. The molecule has 0 saturated carbocycles. The van der Waals surface area contributed by atoms with E-state index in [1.54, 1.807) is 0 Å². The molecular formula is C25H26N2O2. The van der Waals surface area contributed by atoms with E-state index in [-0.39, 0.29) is 5.91 Å². The van der Waals surface area contributed by atoms with E-state index < -0.39 is 0 Å². The van der Waals surface area contributed by atoms with Crippen molar-refractivity contribution in [2.75, 3.05) is 31.1 Å². The molecular weight excluding hydrogens is 360 g/mol. The van der Waals surface area contributed by atoms with Gasteiger partial charge in [0.15, 0.2) is 5.75 Å². The van der Waals surface area contributed by atoms with Crippen molar-refractivity contribution in [2.24, 2.45) is 0 Å². The molecule has 1 heterocycles. The molecule has 0 N–H and O–H groups in total. The van der Waals surface area contributed by atoms with Crippen molar-refractivity contribution in [3.63, 3.8) is 0 Å². The first-order valence-electron chi connectivity index (χ1n) is 10.1. The number of carbonyl (C=O) groups is 1. The first-order chi connectivity index (χ1) is 14.2. The number of piperazine rings is 1. The summed E-state index contributed by atoms with van der Waals surface area (Å²) in [6, 6.07) is 26.0. The summed E-state index contributed by atoms with van der Waals surface area (Å²) in [5.74, 6) is 1.87. The van der Waals surface area contributed by atoms with Crippen molar-refractivity contribution in [1.82, 2.24) is 4.90 Å². The quantitative estimate of drug-likeness (QED) is 0.638. The maximum atomic E-state index is 12.8. The van der Waals surface area contributed by atoms with Gasteiger partial charge in [0, 0.05) is 26.2 Å².